The van der Waals surface area contributed by atoms with Crippen molar-refractivity contribution in [1.82, 2.24) is 9.88 Å². The molecule has 0 radical (unpaired) electrons. The first-order valence-electron chi connectivity index (χ1n) is 4.76. The minimum atomic E-state index is -0.495. The Morgan fingerprint density at radius 1 is 1.69 bits per heavy atom. The van der Waals surface area contributed by atoms with Gasteiger partial charge in [-0.25, -0.2) is 0 Å². The Labute approximate surface area is 99.5 Å². The van der Waals surface area contributed by atoms with E-state index in [0.717, 1.165) is 5.69 Å². The van der Waals surface area contributed by atoms with Gasteiger partial charge in [-0.1, -0.05) is 11.6 Å². The van der Waals surface area contributed by atoms with Crippen LogP contribution in [0.15, 0.2) is 12.3 Å². The molecule has 1 heterocycles. The van der Waals surface area contributed by atoms with Crippen molar-refractivity contribution < 1.29 is 4.79 Å². The fourth-order valence-electron chi connectivity index (χ4n) is 1.14. The number of rotatable bonds is 2. The van der Waals surface area contributed by atoms with E-state index in [1.54, 1.807) is 27.0 Å². The van der Waals surface area contributed by atoms with Crippen LogP contribution in [0.3, 0.4) is 0 Å². The smallest absolute Gasteiger partial charge is 0.257 e. The Morgan fingerprint density at radius 3 is 2.81 bits per heavy atom. The Kier molecular flexibility index (Phi) is 3.86. The van der Waals surface area contributed by atoms with E-state index in [1.807, 2.05) is 6.07 Å². The predicted octanol–water partition coefficient (Wildman–Crippen LogP) is 2.03. The average Bonchev–Trinajstić information content (AvgIpc) is 2.26. The van der Waals surface area contributed by atoms with Crippen molar-refractivity contribution in [1.29, 1.82) is 5.26 Å². The summed E-state index contributed by atoms with van der Waals surface area (Å²) >= 11 is 5.95. The molecule has 1 aromatic heterocycles. The minimum Gasteiger partial charge on any atom is -0.326 e. The first kappa shape index (κ1) is 12.5. The first-order valence-corrected chi connectivity index (χ1v) is 5.14. The van der Waals surface area contributed by atoms with Gasteiger partial charge in [0.15, 0.2) is 0 Å². The lowest BCUT2D eigenvalue weighted by molar-refractivity contribution is 0.0773. The van der Waals surface area contributed by atoms with Gasteiger partial charge in [-0.15, -0.1) is 0 Å². The van der Waals surface area contributed by atoms with Crippen LogP contribution in [0.5, 0.6) is 0 Å². The van der Waals surface area contributed by atoms with Gasteiger partial charge >= 0.3 is 0 Å². The highest BCUT2D eigenvalue weighted by molar-refractivity contribution is 6.33. The summed E-state index contributed by atoms with van der Waals surface area (Å²) in [7, 11) is 1.56. The maximum absolute atomic E-state index is 11.9. The second-order valence-electron chi connectivity index (χ2n) is 3.53. The van der Waals surface area contributed by atoms with Crippen LogP contribution < -0.4 is 0 Å². The zero-order valence-corrected chi connectivity index (χ0v) is 10.1. The lowest BCUT2D eigenvalue weighted by atomic mass is 10.2. The topological polar surface area (TPSA) is 57.0 Å². The van der Waals surface area contributed by atoms with Crippen molar-refractivity contribution in [3.8, 4) is 6.07 Å². The molecule has 1 unspecified atom stereocenters. The largest absolute Gasteiger partial charge is 0.326 e. The van der Waals surface area contributed by atoms with Gasteiger partial charge in [-0.3, -0.25) is 9.78 Å². The average molecular weight is 238 g/mol. The van der Waals surface area contributed by atoms with Gasteiger partial charge in [0.05, 0.1) is 16.7 Å². The van der Waals surface area contributed by atoms with Gasteiger partial charge in [0.25, 0.3) is 5.91 Å². The monoisotopic (exact) mass is 237 g/mol. The van der Waals surface area contributed by atoms with E-state index in [1.165, 1.54) is 11.1 Å². The van der Waals surface area contributed by atoms with Crippen molar-refractivity contribution in [2.75, 3.05) is 7.05 Å². The second-order valence-corrected chi connectivity index (χ2v) is 3.93. The lowest BCUT2D eigenvalue weighted by Gasteiger charge is -2.19. The molecular weight excluding hydrogens is 226 g/mol. The third kappa shape index (κ3) is 2.50. The number of carbonyl (C=O) groups is 1. The summed E-state index contributed by atoms with van der Waals surface area (Å²) in [6.45, 7) is 3.44. The van der Waals surface area contributed by atoms with Gasteiger partial charge in [-0.2, -0.15) is 5.26 Å². The molecule has 16 heavy (non-hydrogen) atoms. The summed E-state index contributed by atoms with van der Waals surface area (Å²) in [5.41, 5.74) is 1.06. The van der Waals surface area contributed by atoms with Gasteiger partial charge in [0, 0.05) is 18.9 Å². The number of nitrogens with zero attached hydrogens (tertiary/aromatic N) is 3. The third-order valence-corrected chi connectivity index (χ3v) is 2.62. The molecule has 0 aromatic carbocycles. The van der Waals surface area contributed by atoms with Gasteiger partial charge in [0.1, 0.15) is 6.04 Å². The number of pyridine rings is 1. The number of hydrogen-bond acceptors (Lipinski definition) is 3. The molecule has 0 saturated carbocycles. The fraction of sp³-hybridized carbons (Fsp3) is 0.364. The number of halogens is 1. The summed E-state index contributed by atoms with van der Waals surface area (Å²) in [5, 5.41) is 9.08. The normalized spacial score (nSPS) is 11.7. The number of nitriles is 1. The second kappa shape index (κ2) is 4.95. The van der Waals surface area contributed by atoms with Gasteiger partial charge in [-0.05, 0) is 19.9 Å². The van der Waals surface area contributed by atoms with E-state index in [9.17, 15) is 4.79 Å². The Balaban J connectivity index is 3.02. The molecule has 0 aliphatic carbocycles. The van der Waals surface area contributed by atoms with Crippen LogP contribution in [0.25, 0.3) is 0 Å². The molecule has 1 rings (SSSR count). The number of hydrogen-bond donors (Lipinski definition) is 0. The number of aryl methyl sites for hydroxylation is 1. The molecule has 0 aliphatic heterocycles. The van der Waals surface area contributed by atoms with Crippen LogP contribution in [0.1, 0.15) is 23.0 Å². The third-order valence-electron chi connectivity index (χ3n) is 2.31. The van der Waals surface area contributed by atoms with Crippen molar-refractivity contribution in [2.24, 2.45) is 0 Å². The highest BCUT2D eigenvalue weighted by Gasteiger charge is 2.19. The molecule has 0 spiro atoms. The first-order chi connectivity index (χ1) is 7.47. The quantitative estimate of drug-likeness (QED) is 0.791. The van der Waals surface area contributed by atoms with E-state index in [4.69, 9.17) is 16.9 Å². The molecule has 0 bridgehead atoms. The Hall–Kier alpha value is -1.60. The Bertz CT molecular complexity index is 453. The molecule has 4 nitrogen and oxygen atoms in total. The molecule has 0 fully saturated rings. The lowest BCUT2D eigenvalue weighted by Crippen LogP contribution is -2.34. The van der Waals surface area contributed by atoms with E-state index in [0.29, 0.717) is 10.6 Å². The van der Waals surface area contributed by atoms with Crippen LogP contribution in [0.4, 0.5) is 0 Å². The van der Waals surface area contributed by atoms with Crippen molar-refractivity contribution in [3.63, 3.8) is 0 Å². The number of carbonyl (C=O) groups excluding carboxylic acids is 1. The molecule has 0 saturated heterocycles. The molecule has 0 aliphatic rings. The summed E-state index contributed by atoms with van der Waals surface area (Å²) in [6.07, 6.45) is 1.43. The zero-order valence-electron chi connectivity index (χ0n) is 9.36. The zero-order chi connectivity index (χ0) is 12.3. The van der Waals surface area contributed by atoms with E-state index >= 15 is 0 Å². The number of aromatic nitrogens is 1. The van der Waals surface area contributed by atoms with E-state index in [-0.39, 0.29) is 5.91 Å². The molecule has 84 valence electrons. The summed E-state index contributed by atoms with van der Waals surface area (Å²) < 4.78 is 0. The highest BCUT2D eigenvalue weighted by Crippen LogP contribution is 2.17. The fourth-order valence-corrected chi connectivity index (χ4v) is 1.42. The molecule has 5 heteroatoms. The van der Waals surface area contributed by atoms with Crippen molar-refractivity contribution in [2.45, 2.75) is 19.9 Å². The standard InChI is InChI=1S/C11H12ClN3O/c1-7-4-10(12)9(6-14-7)11(16)15(3)8(2)5-13/h4,6,8H,1-3H3. The molecule has 1 aromatic rings. The molecule has 1 atom stereocenters. The molecule has 1 amide bonds. The maximum atomic E-state index is 11.9. The van der Waals surface area contributed by atoms with Gasteiger partial charge < -0.3 is 4.90 Å². The van der Waals surface area contributed by atoms with Crippen LogP contribution in [0.2, 0.25) is 5.02 Å². The maximum Gasteiger partial charge on any atom is 0.257 e. The van der Waals surface area contributed by atoms with Crippen molar-refractivity contribution >= 4 is 17.5 Å². The van der Waals surface area contributed by atoms with Crippen molar-refractivity contribution in [3.05, 3.63) is 28.5 Å². The summed E-state index contributed by atoms with van der Waals surface area (Å²) in [6, 6.07) is 3.12. The molecule has 0 N–H and O–H groups in total. The number of amides is 1. The van der Waals surface area contributed by atoms with Gasteiger partial charge in [0.2, 0.25) is 0 Å². The van der Waals surface area contributed by atoms with E-state index < -0.39 is 6.04 Å². The minimum absolute atomic E-state index is 0.299. The summed E-state index contributed by atoms with van der Waals surface area (Å²) in [5.74, 6) is -0.299. The van der Waals surface area contributed by atoms with Crippen LogP contribution >= 0.6 is 11.6 Å². The Morgan fingerprint density at radius 2 is 2.31 bits per heavy atom. The highest BCUT2D eigenvalue weighted by atomic mass is 35.5. The van der Waals surface area contributed by atoms with Crippen LogP contribution in [-0.4, -0.2) is 28.9 Å². The van der Waals surface area contributed by atoms with Crippen LogP contribution in [-0.2, 0) is 0 Å². The van der Waals surface area contributed by atoms with Crippen LogP contribution in [0, 0.1) is 18.3 Å². The molecular formula is C11H12ClN3O. The SMILES string of the molecule is Cc1cc(Cl)c(C(=O)N(C)C(C)C#N)cn1. The van der Waals surface area contributed by atoms with E-state index in [2.05, 4.69) is 4.98 Å². The summed E-state index contributed by atoms with van der Waals surface area (Å²) in [4.78, 5) is 17.3. The predicted molar refractivity (Wildman–Crippen MR) is 61.2 cm³/mol.